The molecule has 0 radical (unpaired) electrons. The number of amides is 1. The summed E-state index contributed by atoms with van der Waals surface area (Å²) in [5.74, 6) is -2.38. The highest BCUT2D eigenvalue weighted by molar-refractivity contribution is 9.10. The third kappa shape index (κ3) is 3.12. The number of carbonyl (C=O) groups excluding carboxylic acids is 1. The van der Waals surface area contributed by atoms with Gasteiger partial charge in [0.2, 0.25) is 0 Å². The molecule has 2 rings (SSSR count). The number of aliphatic carboxylic acids is 1. The van der Waals surface area contributed by atoms with Crippen LogP contribution in [0.5, 0.6) is 0 Å². The van der Waals surface area contributed by atoms with Crippen LogP contribution in [0.3, 0.4) is 0 Å². The van der Waals surface area contributed by atoms with Crippen molar-refractivity contribution in [3.8, 4) is 0 Å². The molecular formula is C13H13BrFNO3. The Morgan fingerprint density at radius 3 is 2.68 bits per heavy atom. The predicted octanol–water partition coefficient (Wildman–Crippen LogP) is 2.57. The number of carboxylic acid groups (broad SMARTS) is 1. The van der Waals surface area contributed by atoms with E-state index < -0.39 is 23.6 Å². The fraction of sp³-hybridized carbons (Fsp3) is 0.385. The van der Waals surface area contributed by atoms with Gasteiger partial charge in [-0.25, -0.2) is 4.39 Å². The van der Waals surface area contributed by atoms with Gasteiger partial charge >= 0.3 is 5.97 Å². The second kappa shape index (κ2) is 5.69. The number of benzene rings is 1. The molecule has 19 heavy (non-hydrogen) atoms. The summed E-state index contributed by atoms with van der Waals surface area (Å²) in [6.07, 6.45) is 1.54. The lowest BCUT2D eigenvalue weighted by molar-refractivity contribution is -0.141. The van der Waals surface area contributed by atoms with Gasteiger partial charge in [0.25, 0.3) is 5.91 Å². The van der Waals surface area contributed by atoms with E-state index in [-0.39, 0.29) is 11.6 Å². The van der Waals surface area contributed by atoms with Gasteiger partial charge in [-0.1, -0.05) is 6.07 Å². The summed E-state index contributed by atoms with van der Waals surface area (Å²) in [4.78, 5) is 22.8. The summed E-state index contributed by atoms with van der Waals surface area (Å²) < 4.78 is 14.0. The number of carbonyl (C=O) groups is 2. The molecule has 0 bridgehead atoms. The summed E-state index contributed by atoms with van der Waals surface area (Å²) in [5, 5.41) is 11.6. The van der Waals surface area contributed by atoms with Crippen molar-refractivity contribution in [3.05, 3.63) is 34.1 Å². The molecule has 102 valence electrons. The minimum absolute atomic E-state index is 0.0405. The highest BCUT2D eigenvalue weighted by atomic mass is 79.9. The fourth-order valence-corrected chi connectivity index (χ4v) is 2.83. The molecular weight excluding hydrogens is 317 g/mol. The zero-order valence-electron chi connectivity index (χ0n) is 10.0. The van der Waals surface area contributed by atoms with Gasteiger partial charge in [-0.15, -0.1) is 0 Å². The normalized spacial score (nSPS) is 22.2. The monoisotopic (exact) mass is 329 g/mol. The van der Waals surface area contributed by atoms with Crippen molar-refractivity contribution in [2.45, 2.75) is 25.3 Å². The highest BCUT2D eigenvalue weighted by Gasteiger charge is 2.31. The molecule has 2 atom stereocenters. The number of rotatable bonds is 3. The number of hydrogen-bond donors (Lipinski definition) is 2. The maximum atomic E-state index is 13.6. The van der Waals surface area contributed by atoms with Crippen molar-refractivity contribution in [1.82, 2.24) is 5.32 Å². The topological polar surface area (TPSA) is 66.4 Å². The van der Waals surface area contributed by atoms with Crippen LogP contribution in [-0.4, -0.2) is 23.0 Å². The number of halogens is 2. The molecule has 4 nitrogen and oxygen atoms in total. The standard InChI is InChI=1S/C13H13BrFNO3/c14-9-2-1-3-10(15)11(9)12(17)16-8-5-4-7(6-8)13(18)19/h1-3,7-8H,4-6H2,(H,16,17)(H,18,19). The minimum atomic E-state index is -0.844. The first-order chi connectivity index (χ1) is 8.99. The maximum Gasteiger partial charge on any atom is 0.306 e. The number of carboxylic acids is 1. The van der Waals surface area contributed by atoms with Gasteiger partial charge in [-0.3, -0.25) is 9.59 Å². The second-order valence-corrected chi connectivity index (χ2v) is 5.47. The molecule has 1 aliphatic carbocycles. The van der Waals surface area contributed by atoms with Crippen LogP contribution >= 0.6 is 15.9 Å². The molecule has 2 unspecified atom stereocenters. The van der Waals surface area contributed by atoms with Crippen LogP contribution < -0.4 is 5.32 Å². The summed E-state index contributed by atoms with van der Waals surface area (Å²) >= 11 is 3.14. The van der Waals surface area contributed by atoms with Crippen LogP contribution in [0, 0.1) is 11.7 Å². The van der Waals surface area contributed by atoms with Crippen molar-refractivity contribution < 1.29 is 19.1 Å². The lowest BCUT2D eigenvalue weighted by atomic mass is 10.1. The van der Waals surface area contributed by atoms with Gasteiger partial charge in [0.05, 0.1) is 11.5 Å². The van der Waals surface area contributed by atoms with Crippen LogP contribution in [0.4, 0.5) is 4.39 Å². The van der Waals surface area contributed by atoms with Crippen molar-refractivity contribution in [2.75, 3.05) is 0 Å². The Morgan fingerprint density at radius 2 is 2.11 bits per heavy atom. The molecule has 0 spiro atoms. The first-order valence-corrected chi connectivity index (χ1v) is 6.76. The Kier molecular flexibility index (Phi) is 4.19. The molecule has 6 heteroatoms. The first-order valence-electron chi connectivity index (χ1n) is 5.96. The second-order valence-electron chi connectivity index (χ2n) is 4.62. The number of nitrogens with one attached hydrogen (secondary N) is 1. The highest BCUT2D eigenvalue weighted by Crippen LogP contribution is 2.27. The van der Waals surface area contributed by atoms with E-state index in [0.717, 1.165) is 0 Å². The molecule has 1 amide bonds. The third-order valence-electron chi connectivity index (χ3n) is 3.31. The van der Waals surface area contributed by atoms with Gasteiger partial charge < -0.3 is 10.4 Å². The third-order valence-corrected chi connectivity index (χ3v) is 3.97. The van der Waals surface area contributed by atoms with Crippen molar-refractivity contribution in [1.29, 1.82) is 0 Å². The fourth-order valence-electron chi connectivity index (χ4n) is 2.31. The van der Waals surface area contributed by atoms with Gasteiger partial charge in [0, 0.05) is 10.5 Å². The Bertz CT molecular complexity index is 500. The van der Waals surface area contributed by atoms with Crippen molar-refractivity contribution in [3.63, 3.8) is 0 Å². The van der Waals surface area contributed by atoms with E-state index in [0.29, 0.717) is 23.7 Å². The Morgan fingerprint density at radius 1 is 1.37 bits per heavy atom. The summed E-state index contributed by atoms with van der Waals surface area (Å²) in [7, 11) is 0. The Balaban J connectivity index is 2.05. The smallest absolute Gasteiger partial charge is 0.306 e. The lowest BCUT2D eigenvalue weighted by Gasteiger charge is -2.13. The van der Waals surface area contributed by atoms with Crippen LogP contribution in [0.1, 0.15) is 29.6 Å². The van der Waals surface area contributed by atoms with Crippen LogP contribution in [-0.2, 0) is 4.79 Å². The van der Waals surface area contributed by atoms with E-state index in [9.17, 15) is 14.0 Å². The van der Waals surface area contributed by atoms with E-state index in [1.54, 1.807) is 6.07 Å². The Hall–Kier alpha value is -1.43. The van der Waals surface area contributed by atoms with E-state index in [1.165, 1.54) is 12.1 Å². The molecule has 1 aromatic rings. The van der Waals surface area contributed by atoms with Crippen LogP contribution in [0.2, 0.25) is 0 Å². The molecule has 2 N–H and O–H groups in total. The van der Waals surface area contributed by atoms with Crippen LogP contribution in [0.15, 0.2) is 22.7 Å². The van der Waals surface area contributed by atoms with E-state index in [2.05, 4.69) is 21.2 Å². The average Bonchev–Trinajstić information content (AvgIpc) is 2.77. The van der Waals surface area contributed by atoms with Gasteiger partial charge in [-0.05, 0) is 47.3 Å². The average molecular weight is 330 g/mol. The molecule has 0 heterocycles. The first kappa shape index (κ1) is 14.0. The van der Waals surface area contributed by atoms with Gasteiger partial charge in [0.1, 0.15) is 5.82 Å². The predicted molar refractivity (Wildman–Crippen MR) is 70.3 cm³/mol. The molecule has 0 aliphatic heterocycles. The summed E-state index contributed by atoms with van der Waals surface area (Å²) in [6.45, 7) is 0. The van der Waals surface area contributed by atoms with Crippen molar-refractivity contribution in [2.24, 2.45) is 5.92 Å². The molecule has 1 fully saturated rings. The zero-order valence-corrected chi connectivity index (χ0v) is 11.6. The maximum absolute atomic E-state index is 13.6. The largest absolute Gasteiger partial charge is 0.481 e. The SMILES string of the molecule is O=C(NC1CCC(C(=O)O)C1)c1c(F)cccc1Br. The summed E-state index contributed by atoms with van der Waals surface area (Å²) in [6, 6.07) is 4.10. The minimum Gasteiger partial charge on any atom is -0.481 e. The zero-order chi connectivity index (χ0) is 14.0. The molecule has 0 aromatic heterocycles. The van der Waals surface area contributed by atoms with Crippen molar-refractivity contribution >= 4 is 27.8 Å². The quantitative estimate of drug-likeness (QED) is 0.895. The molecule has 0 saturated heterocycles. The number of hydrogen-bond acceptors (Lipinski definition) is 2. The van der Waals surface area contributed by atoms with E-state index >= 15 is 0 Å². The van der Waals surface area contributed by atoms with Gasteiger partial charge in [0.15, 0.2) is 0 Å². The van der Waals surface area contributed by atoms with Crippen LogP contribution in [0.25, 0.3) is 0 Å². The molecule has 1 aliphatic rings. The van der Waals surface area contributed by atoms with E-state index in [1.807, 2.05) is 0 Å². The lowest BCUT2D eigenvalue weighted by Crippen LogP contribution is -2.34. The molecule has 1 saturated carbocycles. The molecule has 1 aromatic carbocycles. The summed E-state index contributed by atoms with van der Waals surface area (Å²) in [5.41, 5.74) is -0.0405. The van der Waals surface area contributed by atoms with Gasteiger partial charge in [-0.2, -0.15) is 0 Å². The Labute approximate surface area is 118 Å². The van der Waals surface area contributed by atoms with E-state index in [4.69, 9.17) is 5.11 Å².